The van der Waals surface area contributed by atoms with Crippen LogP contribution in [0.2, 0.25) is 0 Å². The van der Waals surface area contributed by atoms with E-state index in [1.165, 1.54) is 27.9 Å². The van der Waals surface area contributed by atoms with Crippen molar-refractivity contribution in [1.29, 1.82) is 0 Å². The van der Waals surface area contributed by atoms with Crippen molar-refractivity contribution in [3.63, 3.8) is 0 Å². The molecule has 2 heterocycles. The molecule has 0 spiro atoms. The van der Waals surface area contributed by atoms with Gasteiger partial charge in [0.25, 0.3) is 0 Å². The Labute approximate surface area is 172 Å². The maximum absolute atomic E-state index is 13.6. The summed E-state index contributed by atoms with van der Waals surface area (Å²) in [5.41, 5.74) is 4.70. The molecule has 0 unspecified atom stereocenters. The molecule has 1 aliphatic heterocycles. The lowest BCUT2D eigenvalue weighted by molar-refractivity contribution is 0.477. The molecule has 0 atom stereocenters. The van der Waals surface area contributed by atoms with Gasteiger partial charge in [0.2, 0.25) is 15.2 Å². The monoisotopic (exact) mass is 430 g/mol. The third-order valence-electron chi connectivity index (χ3n) is 4.63. The van der Waals surface area contributed by atoms with Gasteiger partial charge in [0.15, 0.2) is 0 Å². The zero-order valence-corrected chi connectivity index (χ0v) is 17.1. The zero-order chi connectivity index (χ0) is 20.3. The lowest BCUT2D eigenvalue weighted by Crippen LogP contribution is -2.27. The fourth-order valence-electron chi connectivity index (χ4n) is 3.07. The minimum Gasteiger partial charge on any atom is -0.253 e. The lowest BCUT2D eigenvalue weighted by atomic mass is 10.2. The van der Waals surface area contributed by atoms with Gasteiger partial charge >= 0.3 is 0 Å². The summed E-state index contributed by atoms with van der Waals surface area (Å²) in [6.45, 7) is 1.16. The van der Waals surface area contributed by atoms with E-state index in [-0.39, 0.29) is 5.82 Å². The second-order valence-corrected chi connectivity index (χ2v) is 9.36. The number of hydrazone groups is 1. The van der Waals surface area contributed by atoms with Crippen LogP contribution in [0.5, 0.6) is 0 Å². The Morgan fingerprint density at radius 2 is 1.83 bits per heavy atom. The SMILES string of the molecule is O=S(=O)(c1ccc(-c2csc(NN=Cc3ccccc3F)n2)cc1)N1CCCC1. The van der Waals surface area contributed by atoms with E-state index in [2.05, 4.69) is 15.5 Å². The van der Waals surface area contributed by atoms with E-state index in [0.29, 0.717) is 34.4 Å². The molecule has 150 valence electrons. The Balaban J connectivity index is 1.45. The van der Waals surface area contributed by atoms with E-state index < -0.39 is 10.0 Å². The van der Waals surface area contributed by atoms with E-state index in [0.717, 1.165) is 18.4 Å². The summed E-state index contributed by atoms with van der Waals surface area (Å²) in [4.78, 5) is 4.74. The molecule has 0 amide bonds. The average molecular weight is 431 g/mol. The number of nitrogens with one attached hydrogen (secondary N) is 1. The van der Waals surface area contributed by atoms with Crippen molar-refractivity contribution < 1.29 is 12.8 Å². The molecule has 0 aliphatic carbocycles. The highest BCUT2D eigenvalue weighted by molar-refractivity contribution is 7.89. The predicted molar refractivity (Wildman–Crippen MR) is 113 cm³/mol. The average Bonchev–Trinajstić information content (AvgIpc) is 3.42. The normalized spacial score (nSPS) is 15.2. The van der Waals surface area contributed by atoms with Crippen LogP contribution in [0.15, 0.2) is 63.9 Å². The summed E-state index contributed by atoms with van der Waals surface area (Å²) < 4.78 is 40.3. The van der Waals surface area contributed by atoms with Gasteiger partial charge < -0.3 is 0 Å². The standard InChI is InChI=1S/C20H19FN4O2S2/c21-18-6-2-1-5-16(18)13-22-24-20-23-19(14-28-20)15-7-9-17(10-8-15)29(26,27)25-11-3-4-12-25/h1-2,5-10,13-14H,3-4,11-12H2,(H,23,24). The quantitative estimate of drug-likeness (QED) is 0.470. The first kappa shape index (κ1) is 19.7. The Kier molecular flexibility index (Phi) is 5.70. The molecule has 0 radical (unpaired) electrons. The van der Waals surface area contributed by atoms with Crippen molar-refractivity contribution in [3.05, 3.63) is 65.3 Å². The largest absolute Gasteiger partial charge is 0.253 e. The van der Waals surface area contributed by atoms with Crippen LogP contribution in [-0.4, -0.2) is 37.0 Å². The van der Waals surface area contributed by atoms with Crippen molar-refractivity contribution in [2.24, 2.45) is 5.10 Å². The molecule has 29 heavy (non-hydrogen) atoms. The Morgan fingerprint density at radius 3 is 2.55 bits per heavy atom. The maximum Gasteiger partial charge on any atom is 0.243 e. The van der Waals surface area contributed by atoms with Crippen molar-refractivity contribution in [1.82, 2.24) is 9.29 Å². The summed E-state index contributed by atoms with van der Waals surface area (Å²) in [6, 6.07) is 13.1. The summed E-state index contributed by atoms with van der Waals surface area (Å²) in [5.74, 6) is -0.346. The molecule has 0 saturated carbocycles. The third-order valence-corrected chi connectivity index (χ3v) is 7.29. The number of sulfonamides is 1. The summed E-state index contributed by atoms with van der Waals surface area (Å²) in [5, 5.41) is 6.43. The number of benzene rings is 2. The first-order valence-electron chi connectivity index (χ1n) is 9.14. The number of hydrogen-bond acceptors (Lipinski definition) is 6. The number of thiazole rings is 1. The highest BCUT2D eigenvalue weighted by Crippen LogP contribution is 2.27. The summed E-state index contributed by atoms with van der Waals surface area (Å²) in [7, 11) is -3.42. The van der Waals surface area contributed by atoms with E-state index in [1.807, 2.05) is 5.38 Å². The lowest BCUT2D eigenvalue weighted by Gasteiger charge is -2.15. The van der Waals surface area contributed by atoms with Gasteiger partial charge in [0.05, 0.1) is 16.8 Å². The number of hydrogen-bond donors (Lipinski definition) is 1. The highest BCUT2D eigenvalue weighted by atomic mass is 32.2. The van der Waals surface area contributed by atoms with Gasteiger partial charge in [-0.05, 0) is 31.0 Å². The topological polar surface area (TPSA) is 74.7 Å². The minimum atomic E-state index is -3.42. The fourth-order valence-corrected chi connectivity index (χ4v) is 5.26. The molecule has 6 nitrogen and oxygen atoms in total. The molecule has 1 N–H and O–H groups in total. The first-order valence-corrected chi connectivity index (χ1v) is 11.5. The maximum atomic E-state index is 13.6. The Bertz CT molecular complexity index is 1120. The predicted octanol–water partition coefficient (Wildman–Crippen LogP) is 4.18. The van der Waals surface area contributed by atoms with Crippen LogP contribution >= 0.6 is 11.3 Å². The van der Waals surface area contributed by atoms with Gasteiger partial charge in [0.1, 0.15) is 5.82 Å². The smallest absolute Gasteiger partial charge is 0.243 e. The molecular weight excluding hydrogens is 411 g/mol. The van der Waals surface area contributed by atoms with Crippen LogP contribution < -0.4 is 5.43 Å². The van der Waals surface area contributed by atoms with Gasteiger partial charge in [-0.3, -0.25) is 5.43 Å². The van der Waals surface area contributed by atoms with Crippen molar-refractivity contribution in [3.8, 4) is 11.3 Å². The van der Waals surface area contributed by atoms with Crippen molar-refractivity contribution >= 4 is 32.7 Å². The third kappa shape index (κ3) is 4.36. The van der Waals surface area contributed by atoms with E-state index in [9.17, 15) is 12.8 Å². The van der Waals surface area contributed by atoms with Crippen LogP contribution in [0, 0.1) is 5.82 Å². The second-order valence-electron chi connectivity index (χ2n) is 6.56. The van der Waals surface area contributed by atoms with Crippen LogP contribution in [-0.2, 0) is 10.0 Å². The first-order chi connectivity index (χ1) is 14.0. The summed E-state index contributed by atoms with van der Waals surface area (Å²) >= 11 is 1.36. The molecule has 1 fully saturated rings. The van der Waals surface area contributed by atoms with Crippen molar-refractivity contribution in [2.75, 3.05) is 18.5 Å². The minimum absolute atomic E-state index is 0.297. The molecule has 2 aromatic carbocycles. The van der Waals surface area contributed by atoms with E-state index >= 15 is 0 Å². The van der Waals surface area contributed by atoms with Crippen LogP contribution in [0.3, 0.4) is 0 Å². The van der Waals surface area contributed by atoms with Gasteiger partial charge in [-0.2, -0.15) is 9.41 Å². The number of anilines is 1. The number of halogens is 1. The molecule has 1 aromatic heterocycles. The number of aromatic nitrogens is 1. The molecule has 1 saturated heterocycles. The fraction of sp³-hybridized carbons (Fsp3) is 0.200. The Hall–Kier alpha value is -2.62. The van der Waals surface area contributed by atoms with Crippen LogP contribution in [0.25, 0.3) is 11.3 Å². The molecule has 0 bridgehead atoms. The summed E-state index contributed by atoms with van der Waals surface area (Å²) in [6.07, 6.45) is 3.21. The van der Waals surface area contributed by atoms with Crippen molar-refractivity contribution in [2.45, 2.75) is 17.7 Å². The van der Waals surface area contributed by atoms with Gasteiger partial charge in [-0.25, -0.2) is 17.8 Å². The van der Waals surface area contributed by atoms with E-state index in [4.69, 9.17) is 0 Å². The number of nitrogens with zero attached hydrogens (tertiary/aromatic N) is 3. The molecule has 1 aliphatic rings. The van der Waals surface area contributed by atoms with Crippen LogP contribution in [0.1, 0.15) is 18.4 Å². The molecule has 9 heteroatoms. The number of rotatable bonds is 6. The Morgan fingerprint density at radius 1 is 1.10 bits per heavy atom. The van der Waals surface area contributed by atoms with Gasteiger partial charge in [0, 0.05) is 29.6 Å². The van der Waals surface area contributed by atoms with Gasteiger partial charge in [-0.15, -0.1) is 11.3 Å². The van der Waals surface area contributed by atoms with Crippen LogP contribution in [0.4, 0.5) is 9.52 Å². The molecule has 4 rings (SSSR count). The zero-order valence-electron chi connectivity index (χ0n) is 15.5. The van der Waals surface area contributed by atoms with Gasteiger partial charge in [-0.1, -0.05) is 30.3 Å². The van der Waals surface area contributed by atoms with E-state index in [1.54, 1.807) is 42.5 Å². The second kappa shape index (κ2) is 8.40. The molecule has 3 aromatic rings. The highest BCUT2D eigenvalue weighted by Gasteiger charge is 2.26. The molecular formula is C20H19FN4O2S2.